The Labute approximate surface area is 140 Å². The lowest BCUT2D eigenvalue weighted by Crippen LogP contribution is -2.34. The molecule has 3 rings (SSSR count). The normalized spacial score (nSPS) is 17.5. The van der Waals surface area contributed by atoms with Gasteiger partial charge in [0.1, 0.15) is 0 Å². The SMILES string of the molecule is CCO[C@H]1CCN(C(=O)Nc2cccnc2-c2csc(C)c2)C1. The van der Waals surface area contributed by atoms with Gasteiger partial charge in [-0.2, -0.15) is 0 Å². The Morgan fingerprint density at radius 1 is 1.57 bits per heavy atom. The minimum atomic E-state index is -0.0894. The van der Waals surface area contributed by atoms with Crippen LogP contribution < -0.4 is 5.32 Å². The zero-order valence-corrected chi connectivity index (χ0v) is 14.2. The molecule has 3 heterocycles. The van der Waals surface area contributed by atoms with Crippen LogP contribution in [0, 0.1) is 6.92 Å². The molecular formula is C17H21N3O2S. The van der Waals surface area contributed by atoms with Crippen molar-refractivity contribution >= 4 is 23.1 Å². The van der Waals surface area contributed by atoms with E-state index < -0.39 is 0 Å². The number of aromatic nitrogens is 1. The minimum Gasteiger partial charge on any atom is -0.377 e. The van der Waals surface area contributed by atoms with Crippen LogP contribution >= 0.6 is 11.3 Å². The number of rotatable bonds is 4. The Bertz CT molecular complexity index is 686. The standard InChI is InChI=1S/C17H21N3O2S/c1-3-22-14-6-8-20(10-14)17(21)19-15-5-4-7-18-16(15)13-9-12(2)23-11-13/h4-5,7,9,11,14H,3,6,8,10H2,1-2H3,(H,19,21)/t14-/m0/s1. The van der Waals surface area contributed by atoms with Crippen LogP contribution in [-0.4, -0.2) is 41.7 Å². The van der Waals surface area contributed by atoms with Crippen LogP contribution in [0.25, 0.3) is 11.3 Å². The van der Waals surface area contributed by atoms with Crippen molar-refractivity contribution in [2.24, 2.45) is 0 Å². The molecule has 1 N–H and O–H groups in total. The number of hydrogen-bond donors (Lipinski definition) is 1. The van der Waals surface area contributed by atoms with E-state index in [2.05, 4.69) is 28.7 Å². The van der Waals surface area contributed by atoms with Crippen molar-refractivity contribution in [1.82, 2.24) is 9.88 Å². The molecule has 0 spiro atoms. The van der Waals surface area contributed by atoms with Gasteiger partial charge in [0.2, 0.25) is 0 Å². The van der Waals surface area contributed by atoms with Crippen molar-refractivity contribution in [2.75, 3.05) is 25.0 Å². The molecule has 1 atom stereocenters. The Balaban J connectivity index is 1.72. The summed E-state index contributed by atoms with van der Waals surface area (Å²) >= 11 is 1.68. The maximum absolute atomic E-state index is 12.5. The fourth-order valence-corrected chi connectivity index (χ4v) is 3.47. The summed E-state index contributed by atoms with van der Waals surface area (Å²) < 4.78 is 5.60. The number of urea groups is 1. The van der Waals surface area contributed by atoms with Gasteiger partial charge in [0, 0.05) is 41.7 Å². The van der Waals surface area contributed by atoms with Crippen LogP contribution in [0.4, 0.5) is 10.5 Å². The summed E-state index contributed by atoms with van der Waals surface area (Å²) in [6.07, 6.45) is 2.79. The molecule has 5 nitrogen and oxygen atoms in total. The number of nitrogens with one attached hydrogen (secondary N) is 1. The van der Waals surface area contributed by atoms with Crippen molar-refractivity contribution in [3.05, 3.63) is 34.7 Å². The van der Waals surface area contributed by atoms with Crippen molar-refractivity contribution in [3.63, 3.8) is 0 Å². The summed E-state index contributed by atoms with van der Waals surface area (Å²) in [4.78, 5) is 19.9. The fraction of sp³-hybridized carbons (Fsp3) is 0.412. The number of thiophene rings is 1. The summed E-state index contributed by atoms with van der Waals surface area (Å²) in [7, 11) is 0. The summed E-state index contributed by atoms with van der Waals surface area (Å²) in [5.74, 6) is 0. The van der Waals surface area contributed by atoms with E-state index in [1.807, 2.05) is 19.1 Å². The van der Waals surface area contributed by atoms with Crippen LogP contribution in [0.5, 0.6) is 0 Å². The van der Waals surface area contributed by atoms with Crippen LogP contribution in [0.15, 0.2) is 29.8 Å². The van der Waals surface area contributed by atoms with E-state index in [0.29, 0.717) is 13.2 Å². The van der Waals surface area contributed by atoms with E-state index in [1.54, 1.807) is 22.4 Å². The molecule has 1 aliphatic rings. The number of carbonyl (C=O) groups excluding carboxylic acids is 1. The van der Waals surface area contributed by atoms with E-state index in [-0.39, 0.29) is 12.1 Å². The molecule has 2 aromatic rings. The summed E-state index contributed by atoms with van der Waals surface area (Å²) in [6, 6.07) is 5.73. The molecule has 1 fully saturated rings. The second-order valence-electron chi connectivity index (χ2n) is 5.59. The Hall–Kier alpha value is -1.92. The van der Waals surface area contributed by atoms with Gasteiger partial charge in [-0.15, -0.1) is 11.3 Å². The van der Waals surface area contributed by atoms with Crippen LogP contribution in [0.1, 0.15) is 18.2 Å². The van der Waals surface area contributed by atoms with Crippen LogP contribution in [0.3, 0.4) is 0 Å². The predicted octanol–water partition coefficient (Wildman–Crippen LogP) is 3.76. The third-order valence-electron chi connectivity index (χ3n) is 3.89. The molecule has 0 aliphatic carbocycles. The first-order valence-electron chi connectivity index (χ1n) is 7.85. The third kappa shape index (κ3) is 3.71. The molecule has 6 heteroatoms. The second-order valence-corrected chi connectivity index (χ2v) is 6.70. The average molecular weight is 331 g/mol. The number of anilines is 1. The highest BCUT2D eigenvalue weighted by molar-refractivity contribution is 7.10. The van der Waals surface area contributed by atoms with Gasteiger partial charge in [-0.3, -0.25) is 4.98 Å². The van der Waals surface area contributed by atoms with E-state index in [0.717, 1.165) is 29.9 Å². The number of hydrogen-bond acceptors (Lipinski definition) is 4. The zero-order chi connectivity index (χ0) is 16.2. The number of nitrogens with zero attached hydrogens (tertiary/aromatic N) is 2. The number of pyridine rings is 1. The number of aryl methyl sites for hydroxylation is 1. The molecule has 23 heavy (non-hydrogen) atoms. The zero-order valence-electron chi connectivity index (χ0n) is 13.4. The molecule has 2 amide bonds. The molecule has 2 aromatic heterocycles. The van der Waals surface area contributed by atoms with Crippen LogP contribution in [-0.2, 0) is 4.74 Å². The Morgan fingerprint density at radius 2 is 2.43 bits per heavy atom. The first-order valence-corrected chi connectivity index (χ1v) is 8.73. The topological polar surface area (TPSA) is 54.5 Å². The Morgan fingerprint density at radius 3 is 3.17 bits per heavy atom. The van der Waals surface area contributed by atoms with Crippen LogP contribution in [0.2, 0.25) is 0 Å². The summed E-state index contributed by atoms with van der Waals surface area (Å²) in [5, 5.41) is 5.06. The second kappa shape index (κ2) is 7.10. The highest BCUT2D eigenvalue weighted by Crippen LogP contribution is 2.29. The van der Waals surface area contributed by atoms with Gasteiger partial charge in [0.25, 0.3) is 0 Å². The number of ether oxygens (including phenoxy) is 1. The highest BCUT2D eigenvalue weighted by atomic mass is 32.1. The van der Waals surface area contributed by atoms with Crippen molar-refractivity contribution < 1.29 is 9.53 Å². The number of amides is 2. The molecule has 0 bridgehead atoms. The van der Waals surface area contributed by atoms with Gasteiger partial charge in [-0.25, -0.2) is 4.79 Å². The lowest BCUT2D eigenvalue weighted by molar-refractivity contribution is 0.0716. The quantitative estimate of drug-likeness (QED) is 0.928. The van der Waals surface area contributed by atoms with Gasteiger partial charge in [0.05, 0.1) is 17.5 Å². The van der Waals surface area contributed by atoms with Crippen molar-refractivity contribution in [3.8, 4) is 11.3 Å². The number of carbonyl (C=O) groups is 1. The van der Waals surface area contributed by atoms with E-state index >= 15 is 0 Å². The average Bonchev–Trinajstić information content (AvgIpc) is 3.17. The molecule has 0 aromatic carbocycles. The lowest BCUT2D eigenvalue weighted by atomic mass is 10.2. The smallest absolute Gasteiger partial charge is 0.321 e. The molecule has 1 aliphatic heterocycles. The maximum Gasteiger partial charge on any atom is 0.321 e. The van der Waals surface area contributed by atoms with Gasteiger partial charge < -0.3 is 15.0 Å². The molecule has 122 valence electrons. The highest BCUT2D eigenvalue weighted by Gasteiger charge is 2.27. The lowest BCUT2D eigenvalue weighted by Gasteiger charge is -2.18. The minimum absolute atomic E-state index is 0.0894. The molecule has 1 saturated heterocycles. The van der Waals surface area contributed by atoms with Gasteiger partial charge in [-0.05, 0) is 38.5 Å². The van der Waals surface area contributed by atoms with Gasteiger partial charge in [0.15, 0.2) is 0 Å². The number of likely N-dealkylation sites (tertiary alicyclic amines) is 1. The van der Waals surface area contributed by atoms with E-state index in [9.17, 15) is 4.79 Å². The first kappa shape index (κ1) is 16.0. The Kier molecular flexibility index (Phi) is 4.93. The van der Waals surface area contributed by atoms with E-state index in [4.69, 9.17) is 4.74 Å². The molecule has 0 radical (unpaired) electrons. The largest absolute Gasteiger partial charge is 0.377 e. The molecule has 0 unspecified atom stereocenters. The van der Waals surface area contributed by atoms with Gasteiger partial charge >= 0.3 is 6.03 Å². The molecule has 0 saturated carbocycles. The monoisotopic (exact) mass is 331 g/mol. The van der Waals surface area contributed by atoms with Gasteiger partial charge in [-0.1, -0.05) is 0 Å². The predicted molar refractivity (Wildman–Crippen MR) is 92.9 cm³/mol. The maximum atomic E-state index is 12.5. The van der Waals surface area contributed by atoms with Crippen molar-refractivity contribution in [2.45, 2.75) is 26.4 Å². The summed E-state index contributed by atoms with van der Waals surface area (Å²) in [6.45, 7) is 6.10. The summed E-state index contributed by atoms with van der Waals surface area (Å²) in [5.41, 5.74) is 2.60. The van der Waals surface area contributed by atoms with Crippen molar-refractivity contribution in [1.29, 1.82) is 0 Å². The molecular weight excluding hydrogens is 310 g/mol. The third-order valence-corrected chi connectivity index (χ3v) is 4.75. The van der Waals surface area contributed by atoms with E-state index in [1.165, 1.54) is 4.88 Å². The fourth-order valence-electron chi connectivity index (χ4n) is 2.78. The first-order chi connectivity index (χ1) is 11.2.